The molecule has 6 heteroatoms. The molecule has 3 atom stereocenters. The monoisotopic (exact) mass is 345 g/mol. The van der Waals surface area contributed by atoms with Crippen LogP contribution in [0.5, 0.6) is 0 Å². The van der Waals surface area contributed by atoms with E-state index in [0.29, 0.717) is 6.42 Å². The molecular weight excluding hydrogens is 328 g/mol. The Labute approximate surface area is 143 Å². The summed E-state index contributed by atoms with van der Waals surface area (Å²) in [5.74, 6) is -3.72. The third kappa shape index (κ3) is 4.02. The van der Waals surface area contributed by atoms with E-state index >= 15 is 0 Å². The summed E-state index contributed by atoms with van der Waals surface area (Å²) in [6, 6.07) is 11.2. The molecule has 130 valence electrons. The smallest absolute Gasteiger partial charge is 0.326 e. The van der Waals surface area contributed by atoms with Gasteiger partial charge in [-0.1, -0.05) is 36.4 Å². The van der Waals surface area contributed by atoms with Crippen molar-refractivity contribution in [1.82, 2.24) is 5.32 Å². The van der Waals surface area contributed by atoms with Gasteiger partial charge in [-0.3, -0.25) is 4.79 Å². The summed E-state index contributed by atoms with van der Waals surface area (Å²) in [6.07, 6.45) is 0.594. The molecule has 4 nitrogen and oxygen atoms in total. The highest BCUT2D eigenvalue weighted by atomic mass is 19.1. The Morgan fingerprint density at radius 1 is 1.16 bits per heavy atom. The SMILES string of the molecule is O=C(N[C@@H](Cc1ccccc1)C(=O)O)C1CC1c1ccc(F)cc1F. The summed E-state index contributed by atoms with van der Waals surface area (Å²) < 4.78 is 26.8. The van der Waals surface area contributed by atoms with E-state index in [4.69, 9.17) is 0 Å². The lowest BCUT2D eigenvalue weighted by Gasteiger charge is -2.15. The fourth-order valence-electron chi connectivity index (χ4n) is 2.96. The molecule has 2 aromatic carbocycles. The van der Waals surface area contributed by atoms with Gasteiger partial charge in [0.05, 0.1) is 0 Å². The number of hydrogen-bond acceptors (Lipinski definition) is 2. The quantitative estimate of drug-likeness (QED) is 0.846. The van der Waals surface area contributed by atoms with Crippen molar-refractivity contribution in [3.05, 3.63) is 71.3 Å². The molecule has 1 fully saturated rings. The fourth-order valence-corrected chi connectivity index (χ4v) is 2.96. The number of halogens is 2. The van der Waals surface area contributed by atoms with Crippen LogP contribution in [-0.2, 0) is 16.0 Å². The van der Waals surface area contributed by atoms with Crippen molar-refractivity contribution >= 4 is 11.9 Å². The third-order valence-corrected chi connectivity index (χ3v) is 4.39. The van der Waals surface area contributed by atoms with Gasteiger partial charge in [0, 0.05) is 18.4 Å². The Balaban J connectivity index is 1.64. The van der Waals surface area contributed by atoms with E-state index in [9.17, 15) is 23.5 Å². The van der Waals surface area contributed by atoms with Crippen molar-refractivity contribution in [2.24, 2.45) is 5.92 Å². The van der Waals surface area contributed by atoms with Crippen LogP contribution in [0.25, 0.3) is 0 Å². The first-order valence-corrected chi connectivity index (χ1v) is 7.97. The number of carboxylic acids is 1. The van der Waals surface area contributed by atoms with Crippen LogP contribution in [0.1, 0.15) is 23.5 Å². The molecule has 3 rings (SSSR count). The maximum atomic E-state index is 13.8. The number of carbonyl (C=O) groups excluding carboxylic acids is 1. The van der Waals surface area contributed by atoms with Crippen LogP contribution in [0.3, 0.4) is 0 Å². The first-order valence-electron chi connectivity index (χ1n) is 7.97. The van der Waals surface area contributed by atoms with Crippen molar-refractivity contribution in [2.45, 2.75) is 24.8 Å². The average Bonchev–Trinajstić information content (AvgIpc) is 3.35. The van der Waals surface area contributed by atoms with Gasteiger partial charge in [0.2, 0.25) is 5.91 Å². The van der Waals surface area contributed by atoms with Crippen LogP contribution in [0.4, 0.5) is 8.78 Å². The predicted octanol–water partition coefficient (Wildman–Crippen LogP) is 2.88. The lowest BCUT2D eigenvalue weighted by molar-refractivity contribution is -0.142. The number of benzene rings is 2. The van der Waals surface area contributed by atoms with E-state index in [0.717, 1.165) is 17.7 Å². The normalized spacial score (nSPS) is 19.9. The van der Waals surface area contributed by atoms with Crippen molar-refractivity contribution in [1.29, 1.82) is 0 Å². The van der Waals surface area contributed by atoms with Gasteiger partial charge in [-0.05, 0) is 29.5 Å². The van der Waals surface area contributed by atoms with Gasteiger partial charge in [0.25, 0.3) is 0 Å². The van der Waals surface area contributed by atoms with Gasteiger partial charge in [-0.25, -0.2) is 13.6 Å². The number of rotatable bonds is 6. The molecule has 2 N–H and O–H groups in total. The lowest BCUT2D eigenvalue weighted by atomic mass is 10.1. The molecule has 0 radical (unpaired) electrons. The van der Waals surface area contributed by atoms with Crippen molar-refractivity contribution in [3.8, 4) is 0 Å². The molecule has 2 aromatic rings. The van der Waals surface area contributed by atoms with Crippen molar-refractivity contribution in [2.75, 3.05) is 0 Å². The second kappa shape index (κ2) is 7.01. The standard InChI is InChI=1S/C19H17F2NO3/c20-12-6-7-13(16(21)9-12)14-10-15(14)18(23)22-17(19(24)25)8-11-4-2-1-3-5-11/h1-7,9,14-15,17H,8,10H2,(H,22,23)(H,24,25)/t14?,15?,17-/m0/s1. The lowest BCUT2D eigenvalue weighted by Crippen LogP contribution is -2.43. The molecule has 0 bridgehead atoms. The molecule has 0 spiro atoms. The summed E-state index contributed by atoms with van der Waals surface area (Å²) in [6.45, 7) is 0. The molecular formula is C19H17F2NO3. The van der Waals surface area contributed by atoms with E-state index in [-0.39, 0.29) is 17.9 Å². The number of aliphatic carboxylic acids is 1. The Bertz CT molecular complexity index is 795. The number of hydrogen-bond donors (Lipinski definition) is 2. The van der Waals surface area contributed by atoms with Gasteiger partial charge in [-0.15, -0.1) is 0 Å². The number of carbonyl (C=O) groups is 2. The number of carboxylic acid groups (broad SMARTS) is 1. The van der Waals surface area contributed by atoms with E-state index < -0.39 is 35.5 Å². The fraction of sp³-hybridized carbons (Fsp3) is 0.263. The molecule has 25 heavy (non-hydrogen) atoms. The van der Waals surface area contributed by atoms with Crippen LogP contribution < -0.4 is 5.32 Å². The molecule has 1 aliphatic rings. The Morgan fingerprint density at radius 2 is 1.88 bits per heavy atom. The maximum Gasteiger partial charge on any atom is 0.326 e. The third-order valence-electron chi connectivity index (χ3n) is 4.39. The first kappa shape index (κ1) is 17.1. The summed E-state index contributed by atoms with van der Waals surface area (Å²) in [5, 5.41) is 11.8. The molecule has 1 aliphatic carbocycles. The van der Waals surface area contributed by atoms with E-state index in [1.807, 2.05) is 6.07 Å². The molecule has 0 saturated heterocycles. The van der Waals surface area contributed by atoms with Crippen molar-refractivity contribution < 1.29 is 23.5 Å². The van der Waals surface area contributed by atoms with Crippen LogP contribution in [0.2, 0.25) is 0 Å². The van der Waals surface area contributed by atoms with Gasteiger partial charge in [0.1, 0.15) is 17.7 Å². The largest absolute Gasteiger partial charge is 0.480 e. The van der Waals surface area contributed by atoms with E-state index in [1.54, 1.807) is 24.3 Å². The predicted molar refractivity (Wildman–Crippen MR) is 86.9 cm³/mol. The highest BCUT2D eigenvalue weighted by molar-refractivity contribution is 5.87. The topological polar surface area (TPSA) is 66.4 Å². The number of nitrogens with one attached hydrogen (secondary N) is 1. The second-order valence-electron chi connectivity index (χ2n) is 6.20. The van der Waals surface area contributed by atoms with Crippen LogP contribution in [-0.4, -0.2) is 23.0 Å². The summed E-state index contributed by atoms with van der Waals surface area (Å²) in [4.78, 5) is 23.7. The number of amides is 1. The van der Waals surface area contributed by atoms with Gasteiger partial charge < -0.3 is 10.4 Å². The van der Waals surface area contributed by atoms with Gasteiger partial charge in [0.15, 0.2) is 0 Å². The van der Waals surface area contributed by atoms with Gasteiger partial charge >= 0.3 is 5.97 Å². The van der Waals surface area contributed by atoms with Crippen LogP contribution in [0.15, 0.2) is 48.5 Å². The zero-order valence-electron chi connectivity index (χ0n) is 13.3. The molecule has 1 saturated carbocycles. The summed E-state index contributed by atoms with van der Waals surface area (Å²) in [7, 11) is 0. The van der Waals surface area contributed by atoms with Crippen molar-refractivity contribution in [3.63, 3.8) is 0 Å². The minimum absolute atomic E-state index is 0.171. The zero-order chi connectivity index (χ0) is 18.0. The highest BCUT2D eigenvalue weighted by Crippen LogP contribution is 2.48. The maximum absolute atomic E-state index is 13.8. The Morgan fingerprint density at radius 3 is 2.52 bits per heavy atom. The molecule has 1 amide bonds. The molecule has 0 aliphatic heterocycles. The highest BCUT2D eigenvalue weighted by Gasteiger charge is 2.46. The van der Waals surface area contributed by atoms with E-state index in [2.05, 4.69) is 5.32 Å². The molecule has 2 unspecified atom stereocenters. The van der Waals surface area contributed by atoms with Crippen LogP contribution >= 0.6 is 0 Å². The Kier molecular flexibility index (Phi) is 4.79. The average molecular weight is 345 g/mol. The van der Waals surface area contributed by atoms with Gasteiger partial charge in [-0.2, -0.15) is 0 Å². The Hall–Kier alpha value is -2.76. The minimum Gasteiger partial charge on any atom is -0.480 e. The first-order chi connectivity index (χ1) is 12.0. The summed E-state index contributed by atoms with van der Waals surface area (Å²) >= 11 is 0. The summed E-state index contributed by atoms with van der Waals surface area (Å²) in [5.41, 5.74) is 1.09. The van der Waals surface area contributed by atoms with Crippen LogP contribution in [0, 0.1) is 17.6 Å². The zero-order valence-corrected chi connectivity index (χ0v) is 13.3. The molecule has 0 aromatic heterocycles. The van der Waals surface area contributed by atoms with E-state index in [1.165, 1.54) is 6.07 Å². The minimum atomic E-state index is -1.12. The second-order valence-corrected chi connectivity index (χ2v) is 6.20. The molecule has 0 heterocycles.